The average Bonchev–Trinajstić information content (AvgIpc) is 2.25. The topological polar surface area (TPSA) is 26.3 Å². The standard InChI is InChI=1S/C12H13F3O2/c1-3-6-17-10-5-4-8(2)7-9(10)11(16)12(13,14)15/h4-5,7H,3,6H2,1-2H3. The van der Waals surface area contributed by atoms with Crippen LogP contribution in [-0.2, 0) is 0 Å². The highest BCUT2D eigenvalue weighted by atomic mass is 19.4. The van der Waals surface area contributed by atoms with E-state index in [2.05, 4.69) is 0 Å². The Morgan fingerprint density at radius 1 is 1.35 bits per heavy atom. The van der Waals surface area contributed by atoms with Crippen LogP contribution in [-0.4, -0.2) is 18.6 Å². The van der Waals surface area contributed by atoms with Gasteiger partial charge in [-0.05, 0) is 25.5 Å². The number of ketones is 1. The third-order valence-corrected chi connectivity index (χ3v) is 2.10. The molecule has 0 spiro atoms. The molecule has 17 heavy (non-hydrogen) atoms. The fraction of sp³-hybridized carbons (Fsp3) is 0.417. The van der Waals surface area contributed by atoms with E-state index in [4.69, 9.17) is 4.74 Å². The Hall–Kier alpha value is -1.52. The van der Waals surface area contributed by atoms with Gasteiger partial charge in [-0.3, -0.25) is 4.79 Å². The number of aryl methyl sites for hydroxylation is 1. The van der Waals surface area contributed by atoms with Crippen molar-refractivity contribution in [1.82, 2.24) is 0 Å². The van der Waals surface area contributed by atoms with Crippen molar-refractivity contribution in [2.45, 2.75) is 26.4 Å². The normalized spacial score (nSPS) is 11.4. The number of benzene rings is 1. The van der Waals surface area contributed by atoms with Crippen molar-refractivity contribution in [1.29, 1.82) is 0 Å². The van der Waals surface area contributed by atoms with Gasteiger partial charge in [0.2, 0.25) is 0 Å². The van der Waals surface area contributed by atoms with Gasteiger partial charge in [-0.15, -0.1) is 0 Å². The van der Waals surface area contributed by atoms with Gasteiger partial charge < -0.3 is 4.74 Å². The zero-order valence-corrected chi connectivity index (χ0v) is 9.60. The molecule has 0 unspecified atom stereocenters. The van der Waals surface area contributed by atoms with Crippen molar-refractivity contribution < 1.29 is 22.7 Å². The molecule has 0 bridgehead atoms. The molecule has 0 atom stereocenters. The molecule has 0 N–H and O–H groups in total. The highest BCUT2D eigenvalue weighted by molar-refractivity contribution is 6.02. The number of ether oxygens (including phenoxy) is 1. The summed E-state index contributed by atoms with van der Waals surface area (Å²) in [5, 5.41) is 0. The van der Waals surface area contributed by atoms with Gasteiger partial charge in [0.05, 0.1) is 12.2 Å². The zero-order valence-electron chi connectivity index (χ0n) is 9.60. The maximum atomic E-state index is 12.4. The average molecular weight is 246 g/mol. The number of hydrogen-bond donors (Lipinski definition) is 0. The van der Waals surface area contributed by atoms with Crippen LogP contribution < -0.4 is 4.74 Å². The van der Waals surface area contributed by atoms with Crippen molar-refractivity contribution in [3.05, 3.63) is 29.3 Å². The Bertz CT molecular complexity index is 411. The van der Waals surface area contributed by atoms with Gasteiger partial charge in [0.25, 0.3) is 5.78 Å². The highest BCUT2D eigenvalue weighted by Crippen LogP contribution is 2.28. The first-order valence-corrected chi connectivity index (χ1v) is 5.21. The lowest BCUT2D eigenvalue weighted by atomic mass is 10.1. The lowest BCUT2D eigenvalue weighted by Gasteiger charge is -2.12. The summed E-state index contributed by atoms with van der Waals surface area (Å²) in [6, 6.07) is 4.20. The van der Waals surface area contributed by atoms with E-state index in [1.165, 1.54) is 12.1 Å². The Balaban J connectivity index is 3.11. The number of alkyl halides is 3. The van der Waals surface area contributed by atoms with Crippen LogP contribution >= 0.6 is 0 Å². The Kier molecular flexibility index (Phi) is 4.15. The second-order valence-electron chi connectivity index (χ2n) is 3.67. The molecule has 5 heteroatoms. The predicted octanol–water partition coefficient (Wildman–Crippen LogP) is 3.53. The molecule has 1 aromatic carbocycles. The first kappa shape index (κ1) is 13.5. The Labute approximate surface area is 97.4 Å². The maximum absolute atomic E-state index is 12.4. The first-order valence-electron chi connectivity index (χ1n) is 5.21. The van der Waals surface area contributed by atoms with Crippen LogP contribution in [0.2, 0.25) is 0 Å². The summed E-state index contributed by atoms with van der Waals surface area (Å²) in [6.45, 7) is 3.73. The Morgan fingerprint density at radius 3 is 2.53 bits per heavy atom. The van der Waals surface area contributed by atoms with Crippen molar-refractivity contribution in [2.75, 3.05) is 6.61 Å². The molecule has 2 nitrogen and oxygen atoms in total. The lowest BCUT2D eigenvalue weighted by Crippen LogP contribution is -2.23. The molecular weight excluding hydrogens is 233 g/mol. The lowest BCUT2D eigenvalue weighted by molar-refractivity contribution is -0.0886. The summed E-state index contributed by atoms with van der Waals surface area (Å²) in [7, 11) is 0. The molecule has 0 aliphatic heterocycles. The molecule has 94 valence electrons. The highest BCUT2D eigenvalue weighted by Gasteiger charge is 2.40. The van der Waals surface area contributed by atoms with Crippen molar-refractivity contribution in [3.63, 3.8) is 0 Å². The molecule has 0 aliphatic rings. The number of rotatable bonds is 4. The fourth-order valence-electron chi connectivity index (χ4n) is 1.31. The fourth-order valence-corrected chi connectivity index (χ4v) is 1.31. The molecule has 0 fully saturated rings. The number of hydrogen-bond acceptors (Lipinski definition) is 2. The molecule has 0 aromatic heterocycles. The zero-order chi connectivity index (χ0) is 13.1. The molecule has 0 aliphatic carbocycles. The first-order chi connectivity index (χ1) is 7.86. The quantitative estimate of drug-likeness (QED) is 0.760. The van der Waals surface area contributed by atoms with Crippen molar-refractivity contribution >= 4 is 5.78 Å². The van der Waals surface area contributed by atoms with Gasteiger partial charge in [0, 0.05) is 0 Å². The van der Waals surface area contributed by atoms with E-state index in [0.29, 0.717) is 12.0 Å². The minimum absolute atomic E-state index is 0.0141. The summed E-state index contributed by atoms with van der Waals surface area (Å²) in [4.78, 5) is 11.2. The SMILES string of the molecule is CCCOc1ccc(C)cc1C(=O)C(F)(F)F. The predicted molar refractivity (Wildman–Crippen MR) is 57.4 cm³/mol. The van der Waals surface area contributed by atoms with Crippen LogP contribution in [0.4, 0.5) is 13.2 Å². The monoisotopic (exact) mass is 246 g/mol. The minimum Gasteiger partial charge on any atom is -0.493 e. The summed E-state index contributed by atoms with van der Waals surface area (Å²) < 4.78 is 42.2. The van der Waals surface area contributed by atoms with Crippen LogP contribution in [0.15, 0.2) is 18.2 Å². The van der Waals surface area contributed by atoms with Gasteiger partial charge in [0.15, 0.2) is 0 Å². The summed E-state index contributed by atoms with van der Waals surface area (Å²) in [6.07, 6.45) is -4.22. The molecule has 0 saturated carbocycles. The molecule has 1 rings (SSSR count). The van der Waals surface area contributed by atoms with Crippen molar-refractivity contribution in [3.8, 4) is 5.75 Å². The summed E-state index contributed by atoms with van der Waals surface area (Å²) >= 11 is 0. The van der Waals surface area contributed by atoms with Gasteiger partial charge in [0.1, 0.15) is 5.75 Å². The molecular formula is C12H13F3O2. The number of Topliss-reactive ketones (excluding diaryl/α,β-unsaturated/α-hetero) is 1. The van der Waals surface area contributed by atoms with Gasteiger partial charge in [-0.2, -0.15) is 13.2 Å². The third kappa shape index (κ3) is 3.47. The minimum atomic E-state index is -4.88. The number of carbonyl (C=O) groups is 1. The van der Waals surface area contributed by atoms with E-state index in [9.17, 15) is 18.0 Å². The smallest absolute Gasteiger partial charge is 0.455 e. The molecule has 0 amide bonds. The third-order valence-electron chi connectivity index (χ3n) is 2.10. The van der Waals surface area contributed by atoms with Crippen LogP contribution in [0.3, 0.4) is 0 Å². The molecule has 0 saturated heterocycles. The second-order valence-corrected chi connectivity index (χ2v) is 3.67. The summed E-state index contributed by atoms with van der Waals surface area (Å²) in [5.74, 6) is -1.88. The van der Waals surface area contributed by atoms with E-state index in [0.717, 1.165) is 0 Å². The van der Waals surface area contributed by atoms with E-state index in [1.807, 2.05) is 6.92 Å². The van der Waals surface area contributed by atoms with E-state index < -0.39 is 17.5 Å². The van der Waals surface area contributed by atoms with Crippen LogP contribution in [0.5, 0.6) is 5.75 Å². The summed E-state index contributed by atoms with van der Waals surface area (Å²) in [5.41, 5.74) is 0.160. The molecule has 0 heterocycles. The van der Waals surface area contributed by atoms with E-state index in [1.54, 1.807) is 13.0 Å². The van der Waals surface area contributed by atoms with E-state index in [-0.39, 0.29) is 12.4 Å². The van der Waals surface area contributed by atoms with Crippen LogP contribution in [0.1, 0.15) is 29.3 Å². The second kappa shape index (κ2) is 5.21. The van der Waals surface area contributed by atoms with Crippen LogP contribution in [0, 0.1) is 6.92 Å². The maximum Gasteiger partial charge on any atom is 0.455 e. The van der Waals surface area contributed by atoms with Gasteiger partial charge in [-0.1, -0.05) is 18.6 Å². The molecule has 0 radical (unpaired) electrons. The number of halogens is 3. The molecule has 1 aromatic rings. The van der Waals surface area contributed by atoms with E-state index >= 15 is 0 Å². The largest absolute Gasteiger partial charge is 0.493 e. The van der Waals surface area contributed by atoms with Gasteiger partial charge >= 0.3 is 6.18 Å². The van der Waals surface area contributed by atoms with Crippen LogP contribution in [0.25, 0.3) is 0 Å². The van der Waals surface area contributed by atoms with Gasteiger partial charge in [-0.25, -0.2) is 0 Å². The van der Waals surface area contributed by atoms with Crippen molar-refractivity contribution in [2.24, 2.45) is 0 Å². The Morgan fingerprint density at radius 2 is 2.00 bits per heavy atom. The number of carbonyl (C=O) groups excluding carboxylic acids is 1.